The molecule has 1 aliphatic carbocycles. The second-order valence-electron chi connectivity index (χ2n) is 4.37. The molecule has 1 heterocycles. The van der Waals surface area contributed by atoms with Crippen LogP contribution in [0.1, 0.15) is 43.7 Å². The Morgan fingerprint density at radius 1 is 1.62 bits per heavy atom. The Bertz CT molecular complexity index is 330. The van der Waals surface area contributed by atoms with Gasteiger partial charge in [-0.1, -0.05) is 20.8 Å². The van der Waals surface area contributed by atoms with Crippen molar-refractivity contribution in [3.05, 3.63) is 10.6 Å². The van der Waals surface area contributed by atoms with Crippen molar-refractivity contribution in [2.75, 3.05) is 5.43 Å². The summed E-state index contributed by atoms with van der Waals surface area (Å²) in [7, 11) is 0. The van der Waals surface area contributed by atoms with Crippen molar-refractivity contribution in [3.63, 3.8) is 0 Å². The molecular weight excluding hydrogens is 182 g/mol. The summed E-state index contributed by atoms with van der Waals surface area (Å²) in [6.07, 6.45) is 1.20. The van der Waals surface area contributed by atoms with Crippen molar-refractivity contribution in [3.8, 4) is 0 Å². The van der Waals surface area contributed by atoms with Crippen LogP contribution >= 0.6 is 11.3 Å². The van der Waals surface area contributed by atoms with E-state index >= 15 is 0 Å². The van der Waals surface area contributed by atoms with E-state index < -0.39 is 0 Å². The summed E-state index contributed by atoms with van der Waals surface area (Å²) in [4.78, 5) is 5.86. The molecule has 1 aromatic heterocycles. The number of nitrogens with two attached hydrogens (primary N) is 1. The molecule has 1 aromatic rings. The highest BCUT2D eigenvalue weighted by molar-refractivity contribution is 7.15. The lowest BCUT2D eigenvalue weighted by molar-refractivity contribution is 0.493. The average Bonchev–Trinajstić information content (AvgIpc) is 2.53. The summed E-state index contributed by atoms with van der Waals surface area (Å²) < 4.78 is 0. The van der Waals surface area contributed by atoms with Crippen LogP contribution in [0.5, 0.6) is 0 Å². The molecule has 0 bridgehead atoms. The average molecular weight is 197 g/mol. The van der Waals surface area contributed by atoms with Crippen LogP contribution in [0, 0.1) is 0 Å². The Hall–Kier alpha value is -0.610. The van der Waals surface area contributed by atoms with E-state index in [1.807, 2.05) is 0 Å². The second-order valence-corrected chi connectivity index (χ2v) is 5.37. The summed E-state index contributed by atoms with van der Waals surface area (Å²) in [6.45, 7) is 6.77. The van der Waals surface area contributed by atoms with E-state index in [1.165, 1.54) is 17.0 Å². The van der Waals surface area contributed by atoms with Gasteiger partial charge < -0.3 is 0 Å². The van der Waals surface area contributed by atoms with Crippen molar-refractivity contribution < 1.29 is 0 Å². The number of aromatic nitrogens is 1. The van der Waals surface area contributed by atoms with Gasteiger partial charge in [-0.2, -0.15) is 0 Å². The number of hydrazine groups is 1. The maximum absolute atomic E-state index is 5.34. The Morgan fingerprint density at radius 3 is 2.85 bits per heavy atom. The first-order valence-corrected chi connectivity index (χ1v) is 5.34. The van der Waals surface area contributed by atoms with Crippen LogP contribution < -0.4 is 11.3 Å². The topological polar surface area (TPSA) is 50.9 Å². The van der Waals surface area contributed by atoms with Gasteiger partial charge in [0, 0.05) is 16.2 Å². The minimum Gasteiger partial charge on any atom is -0.300 e. The third-order valence-corrected chi connectivity index (χ3v) is 4.04. The lowest BCUT2D eigenvalue weighted by Gasteiger charge is -2.16. The van der Waals surface area contributed by atoms with E-state index in [-0.39, 0.29) is 5.41 Å². The van der Waals surface area contributed by atoms with E-state index in [1.54, 1.807) is 11.3 Å². The Labute approximate surface area is 82.3 Å². The maximum Gasteiger partial charge on any atom is 0.197 e. The highest BCUT2D eigenvalue weighted by Gasteiger charge is 2.38. The van der Waals surface area contributed by atoms with E-state index in [0.29, 0.717) is 5.92 Å². The number of thiazole rings is 1. The van der Waals surface area contributed by atoms with Gasteiger partial charge in [0.1, 0.15) is 0 Å². The fourth-order valence-electron chi connectivity index (χ4n) is 2.17. The van der Waals surface area contributed by atoms with Crippen molar-refractivity contribution >= 4 is 16.5 Å². The predicted molar refractivity (Wildman–Crippen MR) is 56.0 cm³/mol. The van der Waals surface area contributed by atoms with Gasteiger partial charge in [0.25, 0.3) is 0 Å². The molecular formula is C9H15N3S. The number of hydrogen-bond acceptors (Lipinski definition) is 4. The molecule has 13 heavy (non-hydrogen) atoms. The monoisotopic (exact) mass is 197 g/mol. The summed E-state index contributed by atoms with van der Waals surface area (Å²) in [5, 5.41) is 0.838. The largest absolute Gasteiger partial charge is 0.300 e. The van der Waals surface area contributed by atoms with E-state index in [2.05, 4.69) is 31.2 Å². The molecule has 0 fully saturated rings. The van der Waals surface area contributed by atoms with Crippen LogP contribution in [0.25, 0.3) is 0 Å². The molecule has 0 aromatic carbocycles. The van der Waals surface area contributed by atoms with E-state index in [0.717, 1.165) is 5.13 Å². The molecule has 0 amide bonds. The highest BCUT2D eigenvalue weighted by atomic mass is 32.1. The van der Waals surface area contributed by atoms with Crippen LogP contribution in [0.4, 0.5) is 5.13 Å². The van der Waals surface area contributed by atoms with Crippen molar-refractivity contribution in [2.24, 2.45) is 5.84 Å². The molecule has 1 unspecified atom stereocenters. The second kappa shape index (κ2) is 2.69. The number of nitrogen functional groups attached to an aromatic ring is 1. The zero-order chi connectivity index (χ0) is 9.64. The van der Waals surface area contributed by atoms with Gasteiger partial charge in [-0.05, 0) is 6.42 Å². The molecule has 0 spiro atoms. The molecule has 2 rings (SSSR count). The Balaban J connectivity index is 2.49. The van der Waals surface area contributed by atoms with E-state index in [4.69, 9.17) is 5.84 Å². The fraction of sp³-hybridized carbons (Fsp3) is 0.667. The van der Waals surface area contributed by atoms with E-state index in [9.17, 15) is 0 Å². The zero-order valence-corrected chi connectivity index (χ0v) is 9.03. The molecule has 0 saturated carbocycles. The third-order valence-electron chi connectivity index (χ3n) is 2.67. The van der Waals surface area contributed by atoms with Crippen LogP contribution in [-0.4, -0.2) is 4.98 Å². The van der Waals surface area contributed by atoms with Gasteiger partial charge in [0.2, 0.25) is 0 Å². The van der Waals surface area contributed by atoms with Crippen LogP contribution in [-0.2, 0) is 5.41 Å². The van der Waals surface area contributed by atoms with Crippen molar-refractivity contribution in [1.82, 2.24) is 4.98 Å². The van der Waals surface area contributed by atoms with Gasteiger partial charge >= 0.3 is 0 Å². The molecule has 3 N–H and O–H groups in total. The number of fused-ring (bicyclic) bond motifs is 1. The Morgan fingerprint density at radius 2 is 2.31 bits per heavy atom. The van der Waals surface area contributed by atoms with Gasteiger partial charge in [-0.25, -0.2) is 10.8 Å². The summed E-state index contributed by atoms with van der Waals surface area (Å²) in [6, 6.07) is 0. The van der Waals surface area contributed by atoms with Gasteiger partial charge in [-0.3, -0.25) is 5.43 Å². The summed E-state index contributed by atoms with van der Waals surface area (Å²) in [5.74, 6) is 5.92. The standard InChI is InChI=1S/C9H15N3S/c1-5-4-9(2,3)7-6(5)11-8(12-10)13-7/h5H,4,10H2,1-3H3,(H,11,12). The first kappa shape index (κ1) is 8.97. The number of anilines is 1. The lowest BCUT2D eigenvalue weighted by atomic mass is 9.91. The normalized spacial score (nSPS) is 24.5. The van der Waals surface area contributed by atoms with Gasteiger partial charge in [0.15, 0.2) is 5.13 Å². The molecule has 3 nitrogen and oxygen atoms in total. The molecule has 0 saturated heterocycles. The smallest absolute Gasteiger partial charge is 0.197 e. The molecule has 1 aliphatic rings. The number of nitrogens with zero attached hydrogens (tertiary/aromatic N) is 1. The number of hydrogen-bond donors (Lipinski definition) is 2. The number of nitrogens with one attached hydrogen (secondary N) is 1. The van der Waals surface area contributed by atoms with Crippen LogP contribution in [0.3, 0.4) is 0 Å². The van der Waals surface area contributed by atoms with Gasteiger partial charge in [0.05, 0.1) is 5.69 Å². The molecule has 4 heteroatoms. The van der Waals surface area contributed by atoms with Crippen LogP contribution in [0.15, 0.2) is 0 Å². The van der Waals surface area contributed by atoms with Crippen LogP contribution in [0.2, 0.25) is 0 Å². The predicted octanol–water partition coefficient (Wildman–Crippen LogP) is 2.21. The first-order valence-electron chi connectivity index (χ1n) is 4.52. The number of rotatable bonds is 1. The minimum atomic E-state index is 0.279. The summed E-state index contributed by atoms with van der Waals surface area (Å²) in [5.41, 5.74) is 4.14. The molecule has 0 aliphatic heterocycles. The van der Waals surface area contributed by atoms with Crippen molar-refractivity contribution in [1.29, 1.82) is 0 Å². The quantitative estimate of drug-likeness (QED) is 0.536. The van der Waals surface area contributed by atoms with Crippen molar-refractivity contribution in [2.45, 2.75) is 38.5 Å². The SMILES string of the molecule is CC1CC(C)(C)c2sc(NN)nc21. The maximum atomic E-state index is 5.34. The first-order chi connectivity index (χ1) is 6.04. The molecule has 72 valence electrons. The molecule has 1 atom stereocenters. The molecule has 0 radical (unpaired) electrons. The minimum absolute atomic E-state index is 0.279. The van der Waals surface area contributed by atoms with Gasteiger partial charge in [-0.15, -0.1) is 11.3 Å². The summed E-state index contributed by atoms with van der Waals surface area (Å²) >= 11 is 1.69. The Kier molecular flexibility index (Phi) is 1.85. The highest BCUT2D eigenvalue weighted by Crippen LogP contribution is 2.48. The third kappa shape index (κ3) is 1.25. The zero-order valence-electron chi connectivity index (χ0n) is 8.22. The fourth-order valence-corrected chi connectivity index (χ4v) is 3.27. The lowest BCUT2D eigenvalue weighted by Crippen LogP contribution is -2.11.